The highest BCUT2D eigenvalue weighted by molar-refractivity contribution is 5.92. The molecule has 1 aromatic heterocycles. The summed E-state index contributed by atoms with van der Waals surface area (Å²) in [5.41, 5.74) is 6.31. The van der Waals surface area contributed by atoms with E-state index in [0.717, 1.165) is 6.20 Å². The van der Waals surface area contributed by atoms with Gasteiger partial charge >= 0.3 is 12.3 Å². The number of rotatable bonds is 11. The molecule has 5 N–H and O–H groups in total. The number of ether oxygens (including phenoxy) is 2. The zero-order valence-electron chi connectivity index (χ0n) is 23.8. The molecule has 2 heterocycles. The van der Waals surface area contributed by atoms with Crippen LogP contribution in [0.25, 0.3) is 0 Å². The Morgan fingerprint density at radius 2 is 1.62 bits per heavy atom. The molecule has 0 unspecified atom stereocenters. The largest absolute Gasteiger partial charge is 0.440 e. The number of alkyl carbamates (subject to hydrolysis) is 1. The van der Waals surface area contributed by atoms with Crippen LogP contribution in [0.3, 0.4) is 0 Å². The van der Waals surface area contributed by atoms with Crippen LogP contribution >= 0.6 is 0 Å². The number of benzene rings is 2. The molecule has 2 atom stereocenters. The highest BCUT2D eigenvalue weighted by Crippen LogP contribution is 2.32. The Morgan fingerprint density at radius 3 is 2.18 bits per heavy atom. The molecule has 0 radical (unpaired) electrons. The number of nitrogens with zero attached hydrogens (tertiary/aromatic N) is 1. The van der Waals surface area contributed by atoms with Crippen molar-refractivity contribution >= 4 is 17.7 Å². The van der Waals surface area contributed by atoms with Gasteiger partial charge in [0.25, 0.3) is 0 Å². The summed E-state index contributed by atoms with van der Waals surface area (Å²) in [5.74, 6) is -2.27. The van der Waals surface area contributed by atoms with E-state index >= 15 is 0 Å². The van der Waals surface area contributed by atoms with Crippen LogP contribution in [-0.4, -0.2) is 61.6 Å². The minimum atomic E-state index is -4.63. The fourth-order valence-corrected chi connectivity index (χ4v) is 4.83. The summed E-state index contributed by atoms with van der Waals surface area (Å²) in [6.07, 6.45) is -3.78. The van der Waals surface area contributed by atoms with Gasteiger partial charge in [-0.25, -0.2) is 18.0 Å². The highest BCUT2D eigenvalue weighted by atomic mass is 19.4. The zero-order chi connectivity index (χ0) is 32.6. The van der Waals surface area contributed by atoms with Crippen molar-refractivity contribution in [1.82, 2.24) is 15.6 Å². The first kappa shape index (κ1) is 33.7. The van der Waals surface area contributed by atoms with Gasteiger partial charge in [-0.1, -0.05) is 24.3 Å². The minimum absolute atomic E-state index is 0.0307. The van der Waals surface area contributed by atoms with Gasteiger partial charge in [0.1, 0.15) is 17.5 Å². The second kappa shape index (κ2) is 14.7. The summed E-state index contributed by atoms with van der Waals surface area (Å²) in [6.45, 7) is -1.29. The number of halogens is 6. The summed E-state index contributed by atoms with van der Waals surface area (Å²) in [6, 6.07) is 10.1. The molecule has 0 saturated carbocycles. The second-order valence-corrected chi connectivity index (χ2v) is 10.5. The molecule has 4 rings (SSSR count). The van der Waals surface area contributed by atoms with Crippen LogP contribution in [0, 0.1) is 17.5 Å². The highest BCUT2D eigenvalue weighted by Gasteiger charge is 2.33. The first-order valence-corrected chi connectivity index (χ1v) is 13.9. The monoisotopic (exact) mass is 639 g/mol. The SMILES string of the molecule is NC(CC(=O)Nc1cncc(F)c1CC[C@@H]1CN[C@H](CNC(=O)OCC(F)(F)F)CO1)(c1ccc(F)cc1)c1ccc(F)cc1. The van der Waals surface area contributed by atoms with Gasteiger partial charge in [-0.3, -0.25) is 9.78 Å². The summed E-state index contributed by atoms with van der Waals surface area (Å²) >= 11 is 0. The molecule has 0 spiro atoms. The number of amides is 2. The Bertz CT molecular complexity index is 1400. The van der Waals surface area contributed by atoms with E-state index in [4.69, 9.17) is 10.5 Å². The van der Waals surface area contributed by atoms with Crippen molar-refractivity contribution < 1.29 is 45.4 Å². The Morgan fingerprint density at radius 1 is 1.00 bits per heavy atom. The van der Waals surface area contributed by atoms with E-state index < -0.39 is 47.8 Å². The third kappa shape index (κ3) is 9.64. The number of nitrogens with two attached hydrogens (primary N) is 1. The molecule has 45 heavy (non-hydrogen) atoms. The third-order valence-corrected chi connectivity index (χ3v) is 7.18. The normalized spacial score (nSPS) is 17.0. The standard InChI is InChI=1S/C30H31F6N5O4/c31-20-5-1-18(2-6-20)29(37,19-3-7-21(32)8-4-19)11-27(42)41-26-15-38-14-25(33)24(26)10-9-23-13-39-22(16-44-23)12-40-28(43)45-17-30(34,35)36/h1-8,14-15,22-23,39H,9-13,16-17,37H2,(H,40,43)(H,41,42)/t22-,23-/m1/s1. The van der Waals surface area contributed by atoms with Crippen molar-refractivity contribution in [3.63, 3.8) is 0 Å². The number of alkyl halides is 3. The van der Waals surface area contributed by atoms with E-state index in [0.29, 0.717) is 24.1 Å². The minimum Gasteiger partial charge on any atom is -0.440 e. The van der Waals surface area contributed by atoms with Crippen molar-refractivity contribution in [3.05, 3.63) is 95.1 Å². The van der Waals surface area contributed by atoms with Crippen LogP contribution < -0.4 is 21.7 Å². The quantitative estimate of drug-likeness (QED) is 0.231. The smallest absolute Gasteiger partial charge is 0.422 e. The Kier molecular flexibility index (Phi) is 11.0. The topological polar surface area (TPSA) is 128 Å². The third-order valence-electron chi connectivity index (χ3n) is 7.18. The summed E-state index contributed by atoms with van der Waals surface area (Å²) in [5, 5.41) is 8.00. The maximum Gasteiger partial charge on any atom is 0.422 e. The number of aromatic nitrogens is 1. The van der Waals surface area contributed by atoms with Gasteiger partial charge in [-0.05, 0) is 48.2 Å². The Balaban J connectivity index is 1.35. The lowest BCUT2D eigenvalue weighted by Crippen LogP contribution is -2.51. The van der Waals surface area contributed by atoms with E-state index in [1.807, 2.05) is 0 Å². The van der Waals surface area contributed by atoms with Crippen LogP contribution in [-0.2, 0) is 26.2 Å². The summed E-state index contributed by atoms with van der Waals surface area (Å²) in [7, 11) is 0. The van der Waals surface area contributed by atoms with Gasteiger partial charge in [-0.15, -0.1) is 0 Å². The average molecular weight is 640 g/mol. The first-order chi connectivity index (χ1) is 21.3. The molecule has 1 saturated heterocycles. The van der Waals surface area contributed by atoms with E-state index in [1.54, 1.807) is 0 Å². The van der Waals surface area contributed by atoms with Crippen LogP contribution in [0.5, 0.6) is 0 Å². The van der Waals surface area contributed by atoms with E-state index in [1.165, 1.54) is 54.7 Å². The number of morpholine rings is 1. The lowest BCUT2D eigenvalue weighted by atomic mass is 9.80. The number of pyridine rings is 1. The van der Waals surface area contributed by atoms with Crippen LogP contribution in [0.15, 0.2) is 60.9 Å². The summed E-state index contributed by atoms with van der Waals surface area (Å²) < 4.78 is 88.5. The van der Waals surface area contributed by atoms with Crippen molar-refractivity contribution in [3.8, 4) is 0 Å². The second-order valence-electron chi connectivity index (χ2n) is 10.5. The summed E-state index contributed by atoms with van der Waals surface area (Å²) in [4.78, 5) is 28.6. The molecule has 9 nitrogen and oxygen atoms in total. The van der Waals surface area contributed by atoms with Crippen molar-refractivity contribution in [2.24, 2.45) is 5.73 Å². The zero-order valence-corrected chi connectivity index (χ0v) is 23.8. The molecule has 2 aromatic carbocycles. The van der Waals surface area contributed by atoms with Gasteiger partial charge in [-0.2, -0.15) is 13.2 Å². The molecule has 242 valence electrons. The average Bonchev–Trinajstić information content (AvgIpc) is 2.99. The number of carbonyl (C=O) groups excluding carboxylic acids is 2. The van der Waals surface area contributed by atoms with E-state index in [9.17, 15) is 35.9 Å². The fourth-order valence-electron chi connectivity index (χ4n) is 4.83. The van der Waals surface area contributed by atoms with Crippen molar-refractivity contribution in [2.45, 2.75) is 43.1 Å². The van der Waals surface area contributed by atoms with Gasteiger partial charge in [0.15, 0.2) is 6.61 Å². The number of hydrogen-bond donors (Lipinski definition) is 4. The molecular formula is C30H31F6N5O4. The lowest BCUT2D eigenvalue weighted by molar-refractivity contribution is -0.160. The molecule has 1 fully saturated rings. The van der Waals surface area contributed by atoms with Gasteiger partial charge in [0, 0.05) is 24.7 Å². The van der Waals surface area contributed by atoms with Crippen LogP contribution in [0.1, 0.15) is 29.5 Å². The fraction of sp³-hybridized carbons (Fsp3) is 0.367. The maximum atomic E-state index is 14.9. The van der Waals surface area contributed by atoms with E-state index in [2.05, 4.69) is 25.7 Å². The molecule has 1 aliphatic rings. The number of hydrogen-bond acceptors (Lipinski definition) is 7. The molecule has 2 amide bonds. The van der Waals surface area contributed by atoms with Crippen molar-refractivity contribution in [2.75, 3.05) is 31.6 Å². The molecule has 1 aliphatic heterocycles. The lowest BCUT2D eigenvalue weighted by Gasteiger charge is -2.31. The first-order valence-electron chi connectivity index (χ1n) is 13.9. The molecule has 15 heteroatoms. The Hall–Kier alpha value is -4.21. The number of nitrogens with one attached hydrogen (secondary N) is 3. The molecule has 0 aliphatic carbocycles. The van der Waals surface area contributed by atoms with E-state index in [-0.39, 0.29) is 49.4 Å². The number of carbonyl (C=O) groups is 2. The maximum absolute atomic E-state index is 14.9. The predicted molar refractivity (Wildman–Crippen MR) is 150 cm³/mol. The number of anilines is 1. The molecule has 0 bridgehead atoms. The molecule has 3 aromatic rings. The Labute approximate surface area is 254 Å². The van der Waals surface area contributed by atoms with Gasteiger partial charge in [0.2, 0.25) is 5.91 Å². The van der Waals surface area contributed by atoms with Gasteiger partial charge in [0.05, 0.1) is 42.8 Å². The molecular weight excluding hydrogens is 608 g/mol. The van der Waals surface area contributed by atoms with Crippen LogP contribution in [0.2, 0.25) is 0 Å². The predicted octanol–water partition coefficient (Wildman–Crippen LogP) is 4.31. The van der Waals surface area contributed by atoms with Gasteiger partial charge < -0.3 is 31.2 Å². The van der Waals surface area contributed by atoms with Crippen LogP contribution in [0.4, 0.5) is 36.8 Å². The van der Waals surface area contributed by atoms with Crippen molar-refractivity contribution in [1.29, 1.82) is 0 Å².